The maximum absolute atomic E-state index is 11.9. The maximum atomic E-state index is 11.9. The van der Waals surface area contributed by atoms with Crippen LogP contribution >= 0.6 is 0 Å². The lowest BCUT2D eigenvalue weighted by Gasteiger charge is -2.14. The molecule has 19 heavy (non-hydrogen) atoms. The van der Waals surface area contributed by atoms with E-state index < -0.39 is 0 Å². The van der Waals surface area contributed by atoms with Crippen molar-refractivity contribution in [2.75, 3.05) is 34.5 Å². The molecule has 6 heteroatoms. The summed E-state index contributed by atoms with van der Waals surface area (Å²) in [5.74, 6) is 1.04. The van der Waals surface area contributed by atoms with Crippen LogP contribution in [-0.2, 0) is 0 Å². The van der Waals surface area contributed by atoms with Gasteiger partial charge in [0.25, 0.3) is 5.91 Å². The lowest BCUT2D eigenvalue weighted by molar-refractivity contribution is 0.0950. The van der Waals surface area contributed by atoms with E-state index in [-0.39, 0.29) is 12.5 Å². The molecule has 106 valence electrons. The monoisotopic (exact) mass is 269 g/mol. The number of benzene rings is 1. The number of nitrogens with one attached hydrogen (secondary N) is 1. The third-order valence-corrected chi connectivity index (χ3v) is 2.55. The molecule has 0 aromatic heterocycles. The molecule has 0 saturated carbocycles. The van der Waals surface area contributed by atoms with Crippen LogP contribution in [-0.4, -0.2) is 45.5 Å². The largest absolute Gasteiger partial charge is 0.493 e. The quantitative estimate of drug-likeness (QED) is 0.717. The number of rotatable bonds is 7. The third-order valence-electron chi connectivity index (χ3n) is 2.55. The van der Waals surface area contributed by atoms with Crippen LogP contribution in [0, 0.1) is 0 Å². The Labute approximate surface area is 112 Å². The Hall–Kier alpha value is -1.95. The number of carbonyl (C=O) groups excluding carboxylic acids is 1. The molecule has 0 saturated heterocycles. The van der Waals surface area contributed by atoms with Crippen LogP contribution in [0.3, 0.4) is 0 Å². The zero-order chi connectivity index (χ0) is 14.3. The molecule has 0 aliphatic rings. The lowest BCUT2D eigenvalue weighted by Crippen LogP contribution is -2.25. The van der Waals surface area contributed by atoms with Gasteiger partial charge in [-0.3, -0.25) is 4.79 Å². The molecule has 1 aromatic carbocycles. The summed E-state index contributed by atoms with van der Waals surface area (Å²) < 4.78 is 15.5. The van der Waals surface area contributed by atoms with Crippen LogP contribution in [0.25, 0.3) is 0 Å². The zero-order valence-corrected chi connectivity index (χ0v) is 11.4. The number of hydrogen-bond acceptors (Lipinski definition) is 5. The molecule has 1 amide bonds. The van der Waals surface area contributed by atoms with Crippen molar-refractivity contribution in [3.05, 3.63) is 17.7 Å². The van der Waals surface area contributed by atoms with E-state index in [2.05, 4.69) is 5.32 Å². The second-order valence-electron chi connectivity index (χ2n) is 3.75. The Kier molecular flexibility index (Phi) is 5.95. The predicted molar refractivity (Wildman–Crippen MR) is 70.1 cm³/mol. The summed E-state index contributed by atoms with van der Waals surface area (Å²) >= 11 is 0. The molecule has 0 bridgehead atoms. The Morgan fingerprint density at radius 3 is 2.16 bits per heavy atom. The van der Waals surface area contributed by atoms with Crippen LogP contribution in [0.15, 0.2) is 12.1 Å². The number of carbonyl (C=O) groups is 1. The van der Waals surface area contributed by atoms with Gasteiger partial charge in [0, 0.05) is 18.7 Å². The fraction of sp³-hybridized carbons (Fsp3) is 0.462. The minimum atomic E-state index is -0.257. The Bertz CT molecular complexity index is 408. The zero-order valence-electron chi connectivity index (χ0n) is 11.4. The molecule has 0 spiro atoms. The first kappa shape index (κ1) is 15.1. The minimum absolute atomic E-state index is 0.0372. The first-order valence-corrected chi connectivity index (χ1v) is 5.87. The van der Waals surface area contributed by atoms with Gasteiger partial charge in [0.2, 0.25) is 5.75 Å². The van der Waals surface area contributed by atoms with E-state index in [9.17, 15) is 4.79 Å². The molecule has 2 N–H and O–H groups in total. The van der Waals surface area contributed by atoms with E-state index in [0.29, 0.717) is 35.8 Å². The van der Waals surface area contributed by atoms with Crippen molar-refractivity contribution in [1.82, 2.24) is 5.32 Å². The summed E-state index contributed by atoms with van der Waals surface area (Å²) in [4.78, 5) is 11.9. The normalized spacial score (nSPS) is 9.89. The molecule has 6 nitrogen and oxygen atoms in total. The number of hydrogen-bond donors (Lipinski definition) is 2. The second kappa shape index (κ2) is 7.48. The van der Waals surface area contributed by atoms with Gasteiger partial charge < -0.3 is 24.6 Å². The van der Waals surface area contributed by atoms with Gasteiger partial charge in [-0.25, -0.2) is 0 Å². The number of ether oxygens (including phenoxy) is 3. The van der Waals surface area contributed by atoms with Crippen molar-refractivity contribution in [3.63, 3.8) is 0 Å². The summed E-state index contributed by atoms with van der Waals surface area (Å²) in [7, 11) is 4.48. The molecular weight excluding hydrogens is 250 g/mol. The van der Waals surface area contributed by atoms with Gasteiger partial charge in [0.05, 0.1) is 21.3 Å². The van der Waals surface area contributed by atoms with Gasteiger partial charge in [-0.2, -0.15) is 0 Å². The van der Waals surface area contributed by atoms with Gasteiger partial charge in [-0.1, -0.05) is 0 Å². The Balaban J connectivity index is 2.98. The van der Waals surface area contributed by atoms with Gasteiger partial charge in [0.1, 0.15) is 0 Å². The smallest absolute Gasteiger partial charge is 0.251 e. The van der Waals surface area contributed by atoms with Crippen molar-refractivity contribution >= 4 is 5.91 Å². The van der Waals surface area contributed by atoms with Gasteiger partial charge >= 0.3 is 0 Å². The molecule has 0 atom stereocenters. The standard InChI is InChI=1S/C13H19NO5/c1-17-10-7-9(13(16)14-5-4-6-15)8-11(18-2)12(10)19-3/h7-8,15H,4-6H2,1-3H3,(H,14,16). The summed E-state index contributed by atoms with van der Waals surface area (Å²) in [5, 5.41) is 11.4. The average Bonchev–Trinajstić information content (AvgIpc) is 2.45. The first-order valence-electron chi connectivity index (χ1n) is 5.87. The number of amides is 1. The van der Waals surface area contributed by atoms with Crippen molar-refractivity contribution < 1.29 is 24.1 Å². The minimum Gasteiger partial charge on any atom is -0.493 e. The Morgan fingerprint density at radius 1 is 1.16 bits per heavy atom. The summed E-state index contributed by atoms with van der Waals surface area (Å²) in [5.41, 5.74) is 0.410. The van der Waals surface area contributed by atoms with Crippen molar-refractivity contribution in [1.29, 1.82) is 0 Å². The highest BCUT2D eigenvalue weighted by Crippen LogP contribution is 2.38. The molecule has 0 unspecified atom stereocenters. The number of aliphatic hydroxyl groups excluding tert-OH is 1. The van der Waals surface area contributed by atoms with Crippen molar-refractivity contribution in [3.8, 4) is 17.2 Å². The number of methoxy groups -OCH3 is 3. The molecule has 1 aromatic rings. The van der Waals surface area contributed by atoms with Crippen LogP contribution in [0.4, 0.5) is 0 Å². The lowest BCUT2D eigenvalue weighted by atomic mass is 10.1. The molecule has 0 fully saturated rings. The van der Waals surface area contributed by atoms with E-state index in [4.69, 9.17) is 19.3 Å². The topological polar surface area (TPSA) is 77.0 Å². The summed E-state index contributed by atoms with van der Waals surface area (Å²) in [6, 6.07) is 3.16. The van der Waals surface area contributed by atoms with Gasteiger partial charge in [-0.05, 0) is 18.6 Å². The molecule has 0 aliphatic heterocycles. The van der Waals surface area contributed by atoms with Gasteiger partial charge in [-0.15, -0.1) is 0 Å². The molecule has 1 rings (SSSR count). The third kappa shape index (κ3) is 3.75. The maximum Gasteiger partial charge on any atom is 0.251 e. The van der Waals surface area contributed by atoms with Crippen LogP contribution in [0.1, 0.15) is 16.8 Å². The molecular formula is C13H19NO5. The van der Waals surface area contributed by atoms with Gasteiger partial charge in [0.15, 0.2) is 11.5 Å². The van der Waals surface area contributed by atoms with Crippen molar-refractivity contribution in [2.45, 2.75) is 6.42 Å². The molecule has 0 heterocycles. The fourth-order valence-electron chi connectivity index (χ4n) is 1.60. The predicted octanol–water partition coefficient (Wildman–Crippen LogP) is 0.825. The van der Waals surface area contributed by atoms with E-state index in [1.807, 2.05) is 0 Å². The highest BCUT2D eigenvalue weighted by molar-refractivity contribution is 5.95. The van der Waals surface area contributed by atoms with Crippen LogP contribution in [0.2, 0.25) is 0 Å². The van der Waals surface area contributed by atoms with E-state index >= 15 is 0 Å². The molecule has 0 radical (unpaired) electrons. The number of aliphatic hydroxyl groups is 1. The van der Waals surface area contributed by atoms with Crippen molar-refractivity contribution in [2.24, 2.45) is 0 Å². The summed E-state index contributed by atoms with van der Waals surface area (Å²) in [6.07, 6.45) is 0.510. The summed E-state index contributed by atoms with van der Waals surface area (Å²) in [6.45, 7) is 0.446. The van der Waals surface area contributed by atoms with Crippen LogP contribution < -0.4 is 19.5 Å². The average molecular weight is 269 g/mol. The van der Waals surface area contributed by atoms with E-state index in [1.54, 1.807) is 12.1 Å². The second-order valence-corrected chi connectivity index (χ2v) is 3.75. The van der Waals surface area contributed by atoms with Crippen LogP contribution in [0.5, 0.6) is 17.2 Å². The van der Waals surface area contributed by atoms with E-state index in [1.165, 1.54) is 21.3 Å². The fourth-order valence-corrected chi connectivity index (χ4v) is 1.60. The van der Waals surface area contributed by atoms with E-state index in [0.717, 1.165) is 0 Å². The Morgan fingerprint density at radius 2 is 1.74 bits per heavy atom. The highest BCUT2D eigenvalue weighted by Gasteiger charge is 2.16. The highest BCUT2D eigenvalue weighted by atomic mass is 16.5. The SMILES string of the molecule is COc1cc(C(=O)NCCCO)cc(OC)c1OC. The first-order chi connectivity index (χ1) is 9.17. The molecule has 0 aliphatic carbocycles.